The van der Waals surface area contributed by atoms with Crippen LogP contribution in [0.15, 0.2) is 59.7 Å². The number of allylic oxidation sites excluding steroid dienone is 5. The molecule has 0 aromatic heterocycles. The van der Waals surface area contributed by atoms with Crippen molar-refractivity contribution in [2.45, 2.75) is 39.5 Å². The van der Waals surface area contributed by atoms with Gasteiger partial charge in [0.2, 0.25) is 0 Å². The first-order chi connectivity index (χ1) is 15.2. The van der Waals surface area contributed by atoms with E-state index in [2.05, 4.69) is 60.4 Å². The lowest BCUT2D eigenvalue weighted by Gasteiger charge is -2.31. The highest BCUT2D eigenvalue weighted by atomic mass is 15.1. The standard InChI is InChI=1S/C28H27N3/c1-3-4-15-31-16-7-8-22-17-21(12-14-27(22)31)11-13-24-20(2)28(23(18-29)19-30)26-10-6-5-9-25(24)26/h5-6,9-14,17H,3-4,7-8,15-16H2,1-2H3/b13-11+. The molecule has 1 aliphatic heterocycles. The van der Waals surface area contributed by atoms with Gasteiger partial charge in [-0.15, -0.1) is 0 Å². The van der Waals surface area contributed by atoms with E-state index in [-0.39, 0.29) is 5.57 Å². The van der Waals surface area contributed by atoms with Gasteiger partial charge < -0.3 is 4.90 Å². The lowest BCUT2D eigenvalue weighted by Crippen LogP contribution is -2.30. The molecule has 3 heteroatoms. The molecular formula is C28H27N3. The number of nitrogens with zero attached hydrogens (tertiary/aromatic N) is 3. The zero-order chi connectivity index (χ0) is 21.8. The molecule has 3 nitrogen and oxygen atoms in total. The number of anilines is 1. The molecule has 154 valence electrons. The Hall–Kier alpha value is -3.56. The Morgan fingerprint density at radius 3 is 2.58 bits per heavy atom. The van der Waals surface area contributed by atoms with E-state index in [0.29, 0.717) is 0 Å². The maximum Gasteiger partial charge on any atom is 0.137 e. The summed E-state index contributed by atoms with van der Waals surface area (Å²) >= 11 is 0. The summed E-state index contributed by atoms with van der Waals surface area (Å²) in [6, 6.07) is 18.9. The molecule has 0 bridgehead atoms. The van der Waals surface area contributed by atoms with Crippen LogP contribution in [0.5, 0.6) is 0 Å². The van der Waals surface area contributed by atoms with Crippen LogP contribution in [-0.2, 0) is 6.42 Å². The molecule has 0 saturated heterocycles. The van der Waals surface area contributed by atoms with Gasteiger partial charge in [-0.25, -0.2) is 0 Å². The number of hydrogen-bond donors (Lipinski definition) is 0. The Bertz CT molecular complexity index is 1170. The first-order valence-electron chi connectivity index (χ1n) is 11.1. The molecule has 0 atom stereocenters. The fourth-order valence-corrected chi connectivity index (χ4v) is 4.71. The second-order valence-electron chi connectivity index (χ2n) is 8.22. The predicted octanol–water partition coefficient (Wildman–Crippen LogP) is 6.54. The fourth-order valence-electron chi connectivity index (χ4n) is 4.71. The molecule has 0 unspecified atom stereocenters. The van der Waals surface area contributed by atoms with Gasteiger partial charge in [-0.2, -0.15) is 10.5 Å². The Morgan fingerprint density at radius 1 is 1.06 bits per heavy atom. The summed E-state index contributed by atoms with van der Waals surface area (Å²) in [4.78, 5) is 2.53. The number of hydrogen-bond acceptors (Lipinski definition) is 3. The van der Waals surface area contributed by atoms with Gasteiger partial charge >= 0.3 is 0 Å². The van der Waals surface area contributed by atoms with E-state index < -0.39 is 0 Å². The first-order valence-corrected chi connectivity index (χ1v) is 11.1. The van der Waals surface area contributed by atoms with E-state index in [0.717, 1.165) is 47.4 Å². The Morgan fingerprint density at radius 2 is 1.84 bits per heavy atom. The van der Waals surface area contributed by atoms with Crippen LogP contribution >= 0.6 is 0 Å². The predicted molar refractivity (Wildman–Crippen MR) is 128 cm³/mol. The lowest BCUT2D eigenvalue weighted by atomic mass is 9.98. The molecule has 1 aliphatic carbocycles. The summed E-state index contributed by atoms with van der Waals surface area (Å²) in [6.07, 6.45) is 9.08. The third-order valence-corrected chi connectivity index (χ3v) is 6.28. The van der Waals surface area contributed by atoms with Gasteiger partial charge in [-0.05, 0) is 71.7 Å². The monoisotopic (exact) mass is 405 g/mol. The molecule has 2 aromatic rings. The maximum atomic E-state index is 9.44. The van der Waals surface area contributed by atoms with Crippen LogP contribution in [-0.4, -0.2) is 13.1 Å². The Balaban J connectivity index is 1.68. The molecule has 31 heavy (non-hydrogen) atoms. The topological polar surface area (TPSA) is 50.8 Å². The van der Waals surface area contributed by atoms with Gasteiger partial charge in [-0.3, -0.25) is 0 Å². The number of benzene rings is 2. The summed E-state index contributed by atoms with van der Waals surface area (Å²) < 4.78 is 0. The van der Waals surface area contributed by atoms with Crippen molar-refractivity contribution in [2.24, 2.45) is 0 Å². The van der Waals surface area contributed by atoms with Gasteiger partial charge in [0.1, 0.15) is 17.7 Å². The number of aryl methyl sites for hydroxylation is 1. The SMILES string of the molecule is CCCCN1CCCc2cc(/C=C/C3=C(C)C(=C(C#N)C#N)c4ccccc43)ccc21. The fraction of sp³-hybridized carbons (Fsp3) is 0.286. The average Bonchev–Trinajstić information content (AvgIpc) is 3.08. The summed E-state index contributed by atoms with van der Waals surface area (Å²) in [6.45, 7) is 6.53. The second-order valence-corrected chi connectivity index (χ2v) is 8.22. The van der Waals surface area contributed by atoms with E-state index in [9.17, 15) is 10.5 Å². The summed E-state index contributed by atoms with van der Waals surface area (Å²) in [7, 11) is 0. The normalized spacial score (nSPS) is 15.0. The molecular weight excluding hydrogens is 378 g/mol. The van der Waals surface area contributed by atoms with Crippen molar-refractivity contribution in [1.29, 1.82) is 10.5 Å². The molecule has 1 heterocycles. The summed E-state index contributed by atoms with van der Waals surface area (Å²) in [5, 5.41) is 18.9. The van der Waals surface area contributed by atoms with Gasteiger partial charge in [0.05, 0.1) is 0 Å². The molecule has 2 aromatic carbocycles. The van der Waals surface area contributed by atoms with Gasteiger partial charge in [-0.1, -0.05) is 55.8 Å². The van der Waals surface area contributed by atoms with Crippen molar-refractivity contribution >= 4 is 22.9 Å². The van der Waals surface area contributed by atoms with E-state index in [1.54, 1.807) is 0 Å². The van der Waals surface area contributed by atoms with Crippen LogP contribution < -0.4 is 4.90 Å². The lowest BCUT2D eigenvalue weighted by molar-refractivity contribution is 0.658. The van der Waals surface area contributed by atoms with Crippen molar-refractivity contribution in [3.63, 3.8) is 0 Å². The quantitative estimate of drug-likeness (QED) is 0.531. The number of rotatable bonds is 5. The second kappa shape index (κ2) is 9.07. The molecule has 0 amide bonds. The van der Waals surface area contributed by atoms with Gasteiger partial charge in [0.15, 0.2) is 0 Å². The Kier molecular flexibility index (Phi) is 6.06. The highest BCUT2D eigenvalue weighted by molar-refractivity contribution is 6.05. The molecule has 4 rings (SSSR count). The third-order valence-electron chi connectivity index (χ3n) is 6.28. The zero-order valence-corrected chi connectivity index (χ0v) is 18.3. The average molecular weight is 406 g/mol. The molecule has 0 fully saturated rings. The van der Waals surface area contributed by atoms with Crippen molar-refractivity contribution in [3.05, 3.63) is 81.9 Å². The van der Waals surface area contributed by atoms with Crippen molar-refractivity contribution in [2.75, 3.05) is 18.0 Å². The minimum atomic E-state index is 0.175. The van der Waals surface area contributed by atoms with E-state index >= 15 is 0 Å². The van der Waals surface area contributed by atoms with Crippen molar-refractivity contribution in [1.82, 2.24) is 0 Å². The van der Waals surface area contributed by atoms with Gasteiger partial charge in [0, 0.05) is 24.4 Å². The van der Waals surface area contributed by atoms with Crippen molar-refractivity contribution in [3.8, 4) is 12.1 Å². The van der Waals surface area contributed by atoms with Gasteiger partial charge in [0.25, 0.3) is 0 Å². The Labute approximate surface area is 185 Å². The number of unbranched alkanes of at least 4 members (excludes halogenated alkanes) is 1. The van der Waals surface area contributed by atoms with E-state index in [1.807, 2.05) is 25.1 Å². The number of nitriles is 2. The smallest absolute Gasteiger partial charge is 0.137 e. The highest BCUT2D eigenvalue weighted by Crippen LogP contribution is 2.43. The number of fused-ring (bicyclic) bond motifs is 2. The summed E-state index contributed by atoms with van der Waals surface area (Å²) in [5.41, 5.74) is 9.05. The zero-order valence-electron chi connectivity index (χ0n) is 18.3. The van der Waals surface area contributed by atoms with E-state index in [1.165, 1.54) is 36.1 Å². The molecule has 0 radical (unpaired) electrons. The molecule has 0 saturated carbocycles. The molecule has 0 spiro atoms. The molecule has 0 N–H and O–H groups in total. The molecule has 2 aliphatic rings. The van der Waals surface area contributed by atoms with Crippen molar-refractivity contribution < 1.29 is 0 Å². The first kappa shape index (κ1) is 20.7. The van der Waals surface area contributed by atoms with E-state index in [4.69, 9.17) is 0 Å². The van der Waals surface area contributed by atoms with Crippen LogP contribution in [0.3, 0.4) is 0 Å². The summed E-state index contributed by atoms with van der Waals surface area (Å²) in [5.74, 6) is 0. The third kappa shape index (κ3) is 3.92. The van der Waals surface area contributed by atoms with Crippen LogP contribution in [0, 0.1) is 22.7 Å². The van der Waals surface area contributed by atoms with Crippen LogP contribution in [0.25, 0.3) is 17.2 Å². The van der Waals surface area contributed by atoms with Crippen LogP contribution in [0.1, 0.15) is 55.4 Å². The maximum absolute atomic E-state index is 9.44. The highest BCUT2D eigenvalue weighted by Gasteiger charge is 2.25. The minimum absolute atomic E-state index is 0.175. The largest absolute Gasteiger partial charge is 0.371 e. The van der Waals surface area contributed by atoms with Crippen LogP contribution in [0.4, 0.5) is 5.69 Å². The minimum Gasteiger partial charge on any atom is -0.371 e. The van der Waals surface area contributed by atoms with Crippen LogP contribution in [0.2, 0.25) is 0 Å².